The van der Waals surface area contributed by atoms with Crippen molar-refractivity contribution in [1.29, 1.82) is 5.26 Å². The van der Waals surface area contributed by atoms with E-state index in [1.54, 1.807) is 17.7 Å². The van der Waals surface area contributed by atoms with Crippen LogP contribution in [0.5, 0.6) is 0 Å². The van der Waals surface area contributed by atoms with Gasteiger partial charge in [-0.25, -0.2) is 4.79 Å². The van der Waals surface area contributed by atoms with Crippen molar-refractivity contribution in [2.75, 3.05) is 0 Å². The molecule has 166 valence electrons. The van der Waals surface area contributed by atoms with Crippen molar-refractivity contribution in [3.05, 3.63) is 58.2 Å². The number of fused-ring (bicyclic) bond motifs is 4. The number of aromatic carboxylic acids is 1. The molecular weight excluding hydrogens is 400 g/mol. The first-order valence-electron chi connectivity index (χ1n) is 11.8. The Hall–Kier alpha value is -2.87. The number of nitriles is 1. The fraction of sp³-hybridized carbons (Fsp3) is 0.519. The lowest BCUT2D eigenvalue weighted by atomic mass is 9.50. The Morgan fingerprint density at radius 3 is 2.75 bits per heavy atom. The fourth-order valence-corrected chi connectivity index (χ4v) is 7.81. The van der Waals surface area contributed by atoms with Crippen LogP contribution in [0.4, 0.5) is 0 Å². The number of rotatable bonds is 3. The molecule has 4 atom stereocenters. The third-order valence-electron chi connectivity index (χ3n) is 9.29. The summed E-state index contributed by atoms with van der Waals surface area (Å²) in [5.41, 5.74) is 5.88. The monoisotopic (exact) mass is 430 g/mol. The quantitative estimate of drug-likeness (QED) is 0.454. The molecule has 0 saturated heterocycles. The maximum atomic E-state index is 12.1. The third kappa shape index (κ3) is 2.81. The summed E-state index contributed by atoms with van der Waals surface area (Å²) >= 11 is 0. The summed E-state index contributed by atoms with van der Waals surface area (Å²) in [7, 11) is 0. The summed E-state index contributed by atoms with van der Waals surface area (Å²) in [6, 6.07) is 9.82. The van der Waals surface area contributed by atoms with Crippen molar-refractivity contribution < 1.29 is 15.1 Å². The Morgan fingerprint density at radius 2 is 2.00 bits per heavy atom. The first-order valence-corrected chi connectivity index (χ1v) is 11.8. The van der Waals surface area contributed by atoms with Crippen LogP contribution in [0, 0.1) is 28.6 Å². The van der Waals surface area contributed by atoms with Crippen molar-refractivity contribution in [3.8, 4) is 6.07 Å². The average molecular weight is 431 g/mol. The second-order valence-corrected chi connectivity index (χ2v) is 10.2. The number of hydrogen-bond acceptors (Lipinski definition) is 4. The van der Waals surface area contributed by atoms with Gasteiger partial charge >= 0.3 is 5.97 Å². The molecule has 2 saturated carbocycles. The zero-order valence-electron chi connectivity index (χ0n) is 18.6. The van der Waals surface area contributed by atoms with Crippen molar-refractivity contribution >= 4 is 11.7 Å². The van der Waals surface area contributed by atoms with Crippen molar-refractivity contribution in [3.63, 3.8) is 0 Å². The maximum Gasteiger partial charge on any atom is 0.335 e. The SMILES string of the molecule is C[C@]12CCC3=C4CC/C(=N/O)C=C4CC[C@H]3[C@@H]1CC[C@]2(CC#N)c1ccccc1C(=O)O. The average Bonchev–Trinajstić information content (AvgIpc) is 3.11. The molecular formula is C27H30N2O3. The van der Waals surface area contributed by atoms with Crippen molar-refractivity contribution in [2.24, 2.45) is 22.4 Å². The lowest BCUT2D eigenvalue weighted by Gasteiger charge is -2.54. The Bertz CT molecular complexity index is 1110. The lowest BCUT2D eigenvalue weighted by molar-refractivity contribution is 0.0514. The highest BCUT2D eigenvalue weighted by molar-refractivity contribution is 5.97. The van der Waals surface area contributed by atoms with Gasteiger partial charge in [0.25, 0.3) is 0 Å². The minimum absolute atomic E-state index is 0.101. The van der Waals surface area contributed by atoms with E-state index >= 15 is 0 Å². The van der Waals surface area contributed by atoms with Crippen LogP contribution in [0.15, 0.2) is 52.2 Å². The van der Waals surface area contributed by atoms with Gasteiger partial charge < -0.3 is 10.3 Å². The van der Waals surface area contributed by atoms with Crippen molar-refractivity contribution in [2.45, 2.75) is 70.1 Å². The number of carboxylic acid groups (broad SMARTS) is 1. The highest BCUT2D eigenvalue weighted by Gasteiger charge is 2.62. The van der Waals surface area contributed by atoms with Crippen LogP contribution in [0.25, 0.3) is 0 Å². The molecule has 2 N–H and O–H groups in total. The van der Waals surface area contributed by atoms with Gasteiger partial charge in [-0.05, 0) is 97.5 Å². The Balaban J connectivity index is 1.60. The molecule has 4 aliphatic carbocycles. The van der Waals surface area contributed by atoms with Crippen LogP contribution in [0.3, 0.4) is 0 Å². The number of allylic oxidation sites excluding steroid dienone is 4. The largest absolute Gasteiger partial charge is 0.478 e. The first kappa shape index (κ1) is 21.0. The molecule has 0 unspecified atom stereocenters. The first-order chi connectivity index (χ1) is 15.4. The van der Waals surface area contributed by atoms with E-state index in [4.69, 9.17) is 0 Å². The van der Waals surface area contributed by atoms with E-state index in [2.05, 4.69) is 24.2 Å². The Kier molecular flexibility index (Phi) is 5.00. The second-order valence-electron chi connectivity index (χ2n) is 10.2. The normalized spacial score (nSPS) is 34.9. The Labute approximate surface area is 189 Å². The van der Waals surface area contributed by atoms with Gasteiger partial charge in [-0.3, -0.25) is 0 Å². The van der Waals surface area contributed by atoms with Crippen molar-refractivity contribution in [1.82, 2.24) is 0 Å². The standard InChI is InChI=1S/C27H30N2O3/c1-26-12-10-20-19-9-7-18(29-32)16-17(19)6-8-21(20)23(26)11-13-27(26,14-15-28)24-5-3-2-4-22(24)25(30)31/h2-5,16,21,23,32H,6-14H2,1H3,(H,30,31)/b29-18-/t21-,23+,26+,27+/m1/s1. The van der Waals surface area contributed by atoms with Crippen LogP contribution in [-0.2, 0) is 5.41 Å². The van der Waals surface area contributed by atoms with Gasteiger partial charge in [0.15, 0.2) is 0 Å². The molecule has 0 spiro atoms. The number of nitrogens with zero attached hydrogens (tertiary/aromatic N) is 2. The highest BCUT2D eigenvalue weighted by Crippen LogP contribution is 2.68. The van der Waals surface area contributed by atoms with Crippen LogP contribution >= 0.6 is 0 Å². The molecule has 5 nitrogen and oxygen atoms in total. The van der Waals surface area contributed by atoms with Gasteiger partial charge in [0, 0.05) is 11.8 Å². The number of carbonyl (C=O) groups is 1. The van der Waals surface area contributed by atoms with Gasteiger partial charge in [0.2, 0.25) is 0 Å². The zero-order chi connectivity index (χ0) is 22.5. The Morgan fingerprint density at radius 1 is 1.19 bits per heavy atom. The molecule has 1 aromatic carbocycles. The van der Waals surface area contributed by atoms with E-state index in [9.17, 15) is 20.4 Å². The molecule has 4 aliphatic rings. The molecule has 0 bridgehead atoms. The number of benzene rings is 1. The molecule has 0 aliphatic heterocycles. The minimum atomic E-state index is -0.903. The van der Waals surface area contributed by atoms with E-state index in [-0.39, 0.29) is 5.41 Å². The molecule has 1 aromatic rings. The zero-order valence-corrected chi connectivity index (χ0v) is 18.6. The van der Waals surface area contributed by atoms with E-state index in [1.165, 1.54) is 11.1 Å². The molecule has 0 amide bonds. The summed E-state index contributed by atoms with van der Waals surface area (Å²) in [5.74, 6) is 0.0639. The van der Waals surface area contributed by atoms with E-state index < -0.39 is 11.4 Å². The topological polar surface area (TPSA) is 93.7 Å². The van der Waals surface area contributed by atoms with Gasteiger partial charge in [-0.15, -0.1) is 0 Å². The highest BCUT2D eigenvalue weighted by atomic mass is 16.4. The summed E-state index contributed by atoms with van der Waals surface area (Å²) in [6.07, 6.45) is 10.2. The summed E-state index contributed by atoms with van der Waals surface area (Å²) in [4.78, 5) is 12.1. The van der Waals surface area contributed by atoms with Crippen LogP contribution in [0.1, 0.15) is 80.6 Å². The smallest absolute Gasteiger partial charge is 0.335 e. The van der Waals surface area contributed by atoms with Crippen LogP contribution < -0.4 is 0 Å². The summed E-state index contributed by atoms with van der Waals surface area (Å²) in [6.45, 7) is 2.34. The molecule has 5 rings (SSSR count). The predicted molar refractivity (Wildman–Crippen MR) is 122 cm³/mol. The summed E-state index contributed by atoms with van der Waals surface area (Å²) < 4.78 is 0. The molecule has 5 heteroatoms. The number of carboxylic acids is 1. The molecule has 0 heterocycles. The lowest BCUT2D eigenvalue weighted by Crippen LogP contribution is -2.48. The van der Waals surface area contributed by atoms with Gasteiger partial charge in [0.1, 0.15) is 0 Å². The van der Waals surface area contributed by atoms with Gasteiger partial charge in [0.05, 0.1) is 17.3 Å². The third-order valence-corrected chi connectivity index (χ3v) is 9.29. The minimum Gasteiger partial charge on any atom is -0.478 e. The number of oxime groups is 1. The van der Waals surface area contributed by atoms with Crippen LogP contribution in [-0.4, -0.2) is 22.0 Å². The molecule has 0 radical (unpaired) electrons. The van der Waals surface area contributed by atoms with Crippen LogP contribution in [0.2, 0.25) is 0 Å². The fourth-order valence-electron chi connectivity index (χ4n) is 7.81. The summed E-state index contributed by atoms with van der Waals surface area (Å²) in [5, 5.41) is 32.4. The predicted octanol–water partition coefficient (Wildman–Crippen LogP) is 6.00. The van der Waals surface area contributed by atoms with E-state index in [1.807, 2.05) is 12.1 Å². The molecule has 2 fully saturated rings. The maximum absolute atomic E-state index is 12.1. The number of hydrogen-bond donors (Lipinski definition) is 2. The molecule has 32 heavy (non-hydrogen) atoms. The van der Waals surface area contributed by atoms with E-state index in [0.717, 1.165) is 62.6 Å². The molecule has 0 aromatic heterocycles. The van der Waals surface area contributed by atoms with Gasteiger partial charge in [-0.2, -0.15) is 5.26 Å². The second kappa shape index (κ2) is 7.62. The van der Waals surface area contributed by atoms with E-state index in [0.29, 0.717) is 23.8 Å². The van der Waals surface area contributed by atoms with Gasteiger partial charge in [-0.1, -0.05) is 35.9 Å².